The fraction of sp³-hybridized carbons (Fsp3) is 1.00. The summed E-state index contributed by atoms with van der Waals surface area (Å²) in [5.74, 6) is 0.833. The summed E-state index contributed by atoms with van der Waals surface area (Å²) in [4.78, 5) is 0.691. The van der Waals surface area contributed by atoms with Crippen molar-refractivity contribution in [1.29, 1.82) is 0 Å². The van der Waals surface area contributed by atoms with E-state index in [0.717, 1.165) is 5.92 Å². The molecule has 4 saturated carbocycles. The molecule has 3 unspecified atom stereocenters. The second kappa shape index (κ2) is 3.48. The molecule has 0 spiro atoms. The van der Waals surface area contributed by atoms with Gasteiger partial charge in [0.25, 0.3) is 0 Å². The van der Waals surface area contributed by atoms with Crippen LogP contribution in [0.3, 0.4) is 0 Å². The zero-order valence-electron chi connectivity index (χ0n) is 8.41. The topological polar surface area (TPSA) is 0 Å². The predicted molar refractivity (Wildman–Crippen MR) is 78.9 cm³/mol. The van der Waals surface area contributed by atoms with Crippen LogP contribution in [0.5, 0.6) is 0 Å². The molecule has 4 aliphatic rings. The van der Waals surface area contributed by atoms with E-state index in [2.05, 4.69) is 63.7 Å². The van der Waals surface area contributed by atoms with Crippen molar-refractivity contribution in [3.05, 3.63) is 0 Å². The predicted octanol–water partition coefficient (Wildman–Crippen LogP) is 5.15. The van der Waals surface area contributed by atoms with E-state index in [-0.39, 0.29) is 0 Å². The van der Waals surface area contributed by atoms with E-state index < -0.39 is 0 Å². The Morgan fingerprint density at radius 1 is 0.733 bits per heavy atom. The Labute approximate surface area is 125 Å². The van der Waals surface area contributed by atoms with E-state index in [1.54, 1.807) is 0 Å². The molecule has 4 fully saturated rings. The fourth-order valence-electron chi connectivity index (χ4n) is 4.11. The molecule has 0 amide bonds. The van der Waals surface area contributed by atoms with E-state index in [4.69, 9.17) is 0 Å². The van der Waals surface area contributed by atoms with Crippen molar-refractivity contribution in [3.8, 4) is 0 Å². The molecule has 0 radical (unpaired) electrons. The minimum Gasteiger partial charge on any atom is -0.0887 e. The van der Waals surface area contributed by atoms with Gasteiger partial charge in [-0.3, -0.25) is 0 Å². The molecule has 15 heavy (non-hydrogen) atoms. The summed E-state index contributed by atoms with van der Waals surface area (Å²) in [5.41, 5.74) is 0. The first-order valence-corrected chi connectivity index (χ1v) is 8.82. The van der Waals surface area contributed by atoms with Gasteiger partial charge in [-0.25, -0.2) is 0 Å². The lowest BCUT2D eigenvalue weighted by Gasteiger charge is -2.52. The second-order valence-corrected chi connectivity index (χ2v) is 12.1. The summed E-state index contributed by atoms with van der Waals surface area (Å²) < 4.78 is 1.10. The average Bonchev–Trinajstić information content (AvgIpc) is 2.05. The Bertz CT molecular complexity index is 285. The van der Waals surface area contributed by atoms with Gasteiger partial charge in [0.1, 0.15) is 0 Å². The van der Waals surface area contributed by atoms with E-state index in [1.165, 1.54) is 38.5 Å². The van der Waals surface area contributed by atoms with Gasteiger partial charge in [-0.2, -0.15) is 0 Å². The maximum Gasteiger partial charge on any atom is 0.0295 e. The van der Waals surface area contributed by atoms with Gasteiger partial charge in [-0.1, -0.05) is 63.7 Å². The first kappa shape index (κ1) is 12.0. The van der Waals surface area contributed by atoms with Crippen molar-refractivity contribution < 1.29 is 0 Å². The molecule has 0 nitrogen and oxygen atoms in total. The summed E-state index contributed by atoms with van der Waals surface area (Å²) in [6.45, 7) is 0. The smallest absolute Gasteiger partial charge is 0.0295 e. The molecule has 0 N–H and O–H groups in total. The Morgan fingerprint density at radius 3 is 1.60 bits per heavy atom. The number of alkyl halides is 4. The third-order valence-corrected chi connectivity index (χ3v) is 7.95. The quantitative estimate of drug-likeness (QED) is 0.434. The molecule has 4 rings (SSSR count). The molecule has 3 atom stereocenters. The number of rotatable bonds is 0. The molecule has 0 saturated heterocycles. The number of fused-ring (bicyclic) bond motifs is 1. The average molecular weight is 466 g/mol. The van der Waals surface area contributed by atoms with Gasteiger partial charge in [-0.15, -0.1) is 0 Å². The van der Waals surface area contributed by atoms with Gasteiger partial charge in [0.05, 0.1) is 0 Å². The van der Waals surface area contributed by atoms with E-state index in [0.29, 0.717) is 17.8 Å². The standard InChI is InChI=1S/C11H14Br4/c12-8-3-11(15)5-9(13)1-7(8)2-10(14,4-9)6-11/h7-8H,1-6H2. The van der Waals surface area contributed by atoms with Crippen molar-refractivity contribution in [3.63, 3.8) is 0 Å². The Morgan fingerprint density at radius 2 is 1.13 bits per heavy atom. The van der Waals surface area contributed by atoms with Crippen LogP contribution < -0.4 is 0 Å². The maximum absolute atomic E-state index is 4.02. The molecule has 0 aromatic heterocycles. The minimum absolute atomic E-state index is 0.345. The van der Waals surface area contributed by atoms with Gasteiger partial charge >= 0.3 is 0 Å². The van der Waals surface area contributed by atoms with Crippen LogP contribution in [0.1, 0.15) is 38.5 Å². The van der Waals surface area contributed by atoms with Crippen LogP contribution >= 0.6 is 63.7 Å². The molecule has 4 heteroatoms. The lowest BCUT2D eigenvalue weighted by atomic mass is 9.67. The summed E-state index contributed by atoms with van der Waals surface area (Å²) in [5, 5.41) is 0. The maximum atomic E-state index is 4.02. The molecule has 0 heterocycles. The fourth-order valence-corrected chi connectivity index (χ4v) is 11.1. The zero-order valence-corrected chi connectivity index (χ0v) is 14.8. The molecule has 0 aromatic rings. The first-order chi connectivity index (χ1) is 6.82. The molecular weight excluding hydrogens is 452 g/mol. The number of halogens is 4. The van der Waals surface area contributed by atoms with Gasteiger partial charge in [0, 0.05) is 17.8 Å². The lowest BCUT2D eigenvalue weighted by molar-refractivity contribution is 0.209. The van der Waals surface area contributed by atoms with E-state index >= 15 is 0 Å². The molecule has 86 valence electrons. The Hall–Kier alpha value is 1.92. The summed E-state index contributed by atoms with van der Waals surface area (Å²) >= 11 is 16.0. The summed E-state index contributed by atoms with van der Waals surface area (Å²) in [7, 11) is 0. The summed E-state index contributed by atoms with van der Waals surface area (Å²) in [6, 6.07) is 0. The third kappa shape index (κ3) is 2.04. The Kier molecular flexibility index (Phi) is 2.78. The van der Waals surface area contributed by atoms with Crippen LogP contribution in [0, 0.1) is 5.92 Å². The van der Waals surface area contributed by atoms with Crippen molar-refractivity contribution in [1.82, 2.24) is 0 Å². The molecule has 0 aromatic carbocycles. The minimum atomic E-state index is 0.345. The third-order valence-electron chi connectivity index (χ3n) is 4.23. The first-order valence-electron chi connectivity index (χ1n) is 5.53. The molecule has 4 aliphatic carbocycles. The highest BCUT2D eigenvalue weighted by Crippen LogP contribution is 2.65. The highest BCUT2D eigenvalue weighted by Gasteiger charge is 2.60. The number of hydrogen-bond donors (Lipinski definition) is 0. The van der Waals surface area contributed by atoms with Gasteiger partial charge in [0.15, 0.2) is 0 Å². The molecule has 4 bridgehead atoms. The van der Waals surface area contributed by atoms with Crippen LogP contribution in [0.25, 0.3) is 0 Å². The monoisotopic (exact) mass is 462 g/mol. The largest absolute Gasteiger partial charge is 0.0887 e. The number of hydrogen-bond acceptors (Lipinski definition) is 0. The SMILES string of the molecule is BrC1CC2(Br)CC3(Br)CC1CC(Br)(C2)C3. The normalized spacial score (nSPS) is 63.2. The van der Waals surface area contributed by atoms with Crippen LogP contribution in [-0.2, 0) is 0 Å². The van der Waals surface area contributed by atoms with Crippen molar-refractivity contribution in [2.24, 2.45) is 5.92 Å². The van der Waals surface area contributed by atoms with Crippen molar-refractivity contribution >= 4 is 63.7 Å². The van der Waals surface area contributed by atoms with Crippen LogP contribution in [0.2, 0.25) is 0 Å². The summed E-state index contributed by atoms with van der Waals surface area (Å²) in [6.07, 6.45) is 7.81. The highest BCUT2D eigenvalue weighted by molar-refractivity contribution is 9.11. The highest BCUT2D eigenvalue weighted by atomic mass is 79.9. The zero-order chi connectivity index (χ0) is 10.9. The van der Waals surface area contributed by atoms with Crippen LogP contribution in [0.4, 0.5) is 0 Å². The lowest BCUT2D eigenvalue weighted by Crippen LogP contribution is -2.51. The van der Waals surface area contributed by atoms with Crippen molar-refractivity contribution in [2.45, 2.75) is 56.3 Å². The van der Waals surface area contributed by atoms with Crippen molar-refractivity contribution in [2.75, 3.05) is 0 Å². The Balaban J connectivity index is 2.06. The van der Waals surface area contributed by atoms with Crippen LogP contribution in [-0.4, -0.2) is 17.8 Å². The van der Waals surface area contributed by atoms with Gasteiger partial charge in [0.2, 0.25) is 0 Å². The molecule has 0 aliphatic heterocycles. The van der Waals surface area contributed by atoms with E-state index in [9.17, 15) is 0 Å². The molecular formula is C11H14Br4. The van der Waals surface area contributed by atoms with Gasteiger partial charge < -0.3 is 0 Å². The van der Waals surface area contributed by atoms with Crippen LogP contribution in [0.15, 0.2) is 0 Å². The van der Waals surface area contributed by atoms with E-state index in [1.807, 2.05) is 0 Å². The van der Waals surface area contributed by atoms with Gasteiger partial charge in [-0.05, 0) is 44.4 Å². The second-order valence-electron chi connectivity index (χ2n) is 5.87.